The molecule has 1 aromatic rings. The molecule has 5 heteroatoms. The molecule has 2 rings (SSSR count). The van der Waals surface area contributed by atoms with E-state index < -0.39 is 0 Å². The first-order valence-corrected chi connectivity index (χ1v) is 6.83. The molecule has 1 saturated heterocycles. The van der Waals surface area contributed by atoms with E-state index in [2.05, 4.69) is 33.9 Å². The lowest BCUT2D eigenvalue weighted by Gasteiger charge is -2.32. The van der Waals surface area contributed by atoms with Crippen LogP contribution < -0.4 is 4.90 Å². The van der Waals surface area contributed by atoms with E-state index in [-0.39, 0.29) is 0 Å². The highest BCUT2D eigenvalue weighted by Gasteiger charge is 2.19. The molecule has 0 aliphatic carbocycles. The topological polar surface area (TPSA) is 32.3 Å². The van der Waals surface area contributed by atoms with Gasteiger partial charge in [-0.05, 0) is 57.4 Å². The average Bonchev–Trinajstić information content (AvgIpc) is 2.35. The second kappa shape index (κ2) is 5.85. The van der Waals surface area contributed by atoms with E-state index in [1.807, 2.05) is 6.92 Å². The minimum absolute atomic E-state index is 0.325. The Morgan fingerprint density at radius 1 is 1.44 bits per heavy atom. The van der Waals surface area contributed by atoms with Gasteiger partial charge in [0.1, 0.15) is 5.82 Å². The summed E-state index contributed by atoms with van der Waals surface area (Å²) in [5.41, 5.74) is 1.08. The molecule has 18 heavy (non-hydrogen) atoms. The normalized spacial score (nSPS) is 18.0. The maximum absolute atomic E-state index is 5.87. The summed E-state index contributed by atoms with van der Waals surface area (Å²) >= 11 is 5.87. The molecule has 0 aromatic carbocycles. The fraction of sp³-hybridized carbons (Fsp3) is 0.692. The second-order valence-electron chi connectivity index (χ2n) is 5.27. The number of aromatic nitrogens is 2. The van der Waals surface area contributed by atoms with Gasteiger partial charge in [0, 0.05) is 25.4 Å². The lowest BCUT2D eigenvalue weighted by atomic mass is 9.96. The first-order chi connectivity index (χ1) is 8.56. The van der Waals surface area contributed by atoms with Gasteiger partial charge in [-0.15, -0.1) is 0 Å². The number of aryl methyl sites for hydroxylation is 1. The molecule has 4 nitrogen and oxygen atoms in total. The van der Waals surface area contributed by atoms with Crippen molar-refractivity contribution in [3.05, 3.63) is 17.0 Å². The second-order valence-corrected chi connectivity index (χ2v) is 5.61. The molecule has 0 N–H and O–H groups in total. The van der Waals surface area contributed by atoms with Gasteiger partial charge in [0.05, 0.1) is 0 Å². The van der Waals surface area contributed by atoms with Crippen LogP contribution in [-0.2, 0) is 0 Å². The summed E-state index contributed by atoms with van der Waals surface area (Å²) in [7, 11) is 4.28. The summed E-state index contributed by atoms with van der Waals surface area (Å²) in [6, 6.07) is 0. The van der Waals surface area contributed by atoms with Crippen LogP contribution in [0.4, 0.5) is 5.82 Å². The number of likely N-dealkylation sites (tertiary alicyclic amines) is 1. The molecule has 1 aliphatic rings. The molecular weight excluding hydrogens is 248 g/mol. The summed E-state index contributed by atoms with van der Waals surface area (Å²) in [5.74, 6) is 1.70. The zero-order valence-electron chi connectivity index (χ0n) is 11.4. The molecule has 1 aromatic heterocycles. The van der Waals surface area contributed by atoms with Crippen LogP contribution in [0.1, 0.15) is 18.4 Å². The van der Waals surface area contributed by atoms with Crippen LogP contribution in [0.25, 0.3) is 0 Å². The Bertz CT molecular complexity index is 402. The molecule has 1 aliphatic heterocycles. The van der Waals surface area contributed by atoms with E-state index in [9.17, 15) is 0 Å². The molecule has 0 unspecified atom stereocenters. The van der Waals surface area contributed by atoms with Crippen molar-refractivity contribution in [1.82, 2.24) is 14.9 Å². The van der Waals surface area contributed by atoms with E-state index in [0.717, 1.165) is 23.8 Å². The zero-order chi connectivity index (χ0) is 13.1. The van der Waals surface area contributed by atoms with Gasteiger partial charge in [0.2, 0.25) is 5.28 Å². The number of anilines is 1. The van der Waals surface area contributed by atoms with Crippen molar-refractivity contribution in [3.8, 4) is 0 Å². The van der Waals surface area contributed by atoms with Crippen LogP contribution in [0.3, 0.4) is 0 Å². The molecule has 0 amide bonds. The predicted octanol–water partition coefficient (Wildman–Crippen LogP) is 2.22. The molecular formula is C13H21ClN4. The third kappa shape index (κ3) is 3.33. The molecule has 100 valence electrons. The fourth-order valence-electron chi connectivity index (χ4n) is 2.52. The Morgan fingerprint density at radius 3 is 2.78 bits per heavy atom. The molecule has 0 radical (unpaired) electrons. The van der Waals surface area contributed by atoms with Gasteiger partial charge in [0.25, 0.3) is 0 Å². The Morgan fingerprint density at radius 2 is 2.11 bits per heavy atom. The highest BCUT2D eigenvalue weighted by molar-refractivity contribution is 6.28. The molecule has 0 atom stereocenters. The number of rotatable bonds is 3. The monoisotopic (exact) mass is 268 g/mol. The standard InChI is InChI=1S/C13H21ClN4/c1-10-8-15-13(14)16-12(10)18(3)9-11-4-6-17(2)7-5-11/h8,11H,4-7,9H2,1-3H3. The average molecular weight is 269 g/mol. The van der Waals surface area contributed by atoms with E-state index >= 15 is 0 Å². The van der Waals surface area contributed by atoms with E-state index in [1.165, 1.54) is 25.9 Å². The SMILES string of the molecule is Cc1cnc(Cl)nc1N(C)CC1CCN(C)CC1. The lowest BCUT2D eigenvalue weighted by Crippen LogP contribution is -2.36. The first kappa shape index (κ1) is 13.6. The van der Waals surface area contributed by atoms with Crippen LogP contribution >= 0.6 is 11.6 Å². The van der Waals surface area contributed by atoms with Crippen molar-refractivity contribution >= 4 is 17.4 Å². The molecule has 0 saturated carbocycles. The number of nitrogens with zero attached hydrogens (tertiary/aromatic N) is 4. The Kier molecular flexibility index (Phi) is 4.40. The van der Waals surface area contributed by atoms with Crippen LogP contribution in [-0.4, -0.2) is 48.6 Å². The summed E-state index contributed by atoms with van der Waals surface area (Å²) in [5, 5.41) is 0.325. The van der Waals surface area contributed by atoms with Crippen molar-refractivity contribution in [2.75, 3.05) is 38.6 Å². The summed E-state index contributed by atoms with van der Waals surface area (Å²) in [6.07, 6.45) is 4.31. The van der Waals surface area contributed by atoms with Crippen molar-refractivity contribution in [2.45, 2.75) is 19.8 Å². The van der Waals surface area contributed by atoms with Gasteiger partial charge in [-0.2, -0.15) is 0 Å². The third-order valence-electron chi connectivity index (χ3n) is 3.65. The van der Waals surface area contributed by atoms with Crippen molar-refractivity contribution in [1.29, 1.82) is 0 Å². The van der Waals surface area contributed by atoms with Gasteiger partial charge >= 0.3 is 0 Å². The summed E-state index contributed by atoms with van der Waals surface area (Å²) < 4.78 is 0. The first-order valence-electron chi connectivity index (χ1n) is 6.45. The summed E-state index contributed by atoms with van der Waals surface area (Å²) in [4.78, 5) is 12.9. The lowest BCUT2D eigenvalue weighted by molar-refractivity contribution is 0.222. The highest BCUT2D eigenvalue weighted by atomic mass is 35.5. The molecule has 2 heterocycles. The molecule has 0 spiro atoms. The van der Waals surface area contributed by atoms with Gasteiger partial charge < -0.3 is 9.80 Å². The van der Waals surface area contributed by atoms with Crippen LogP contribution in [0, 0.1) is 12.8 Å². The Balaban J connectivity index is 1.98. The van der Waals surface area contributed by atoms with Crippen LogP contribution in [0.15, 0.2) is 6.20 Å². The van der Waals surface area contributed by atoms with Gasteiger partial charge in [-0.25, -0.2) is 9.97 Å². The zero-order valence-corrected chi connectivity index (χ0v) is 12.1. The summed E-state index contributed by atoms with van der Waals surface area (Å²) in [6.45, 7) is 5.46. The quantitative estimate of drug-likeness (QED) is 0.787. The van der Waals surface area contributed by atoms with Crippen LogP contribution in [0.2, 0.25) is 5.28 Å². The number of hydrogen-bond acceptors (Lipinski definition) is 4. The molecule has 1 fully saturated rings. The highest BCUT2D eigenvalue weighted by Crippen LogP contribution is 2.22. The van der Waals surface area contributed by atoms with Gasteiger partial charge in [-0.1, -0.05) is 0 Å². The number of hydrogen-bond donors (Lipinski definition) is 0. The van der Waals surface area contributed by atoms with Gasteiger partial charge in [0.15, 0.2) is 0 Å². The van der Waals surface area contributed by atoms with E-state index in [1.54, 1.807) is 6.20 Å². The fourth-order valence-corrected chi connectivity index (χ4v) is 2.65. The minimum Gasteiger partial charge on any atom is -0.359 e. The van der Waals surface area contributed by atoms with E-state index in [4.69, 9.17) is 11.6 Å². The number of halogens is 1. The Hall–Kier alpha value is -0.870. The minimum atomic E-state index is 0.325. The third-order valence-corrected chi connectivity index (χ3v) is 3.83. The maximum Gasteiger partial charge on any atom is 0.224 e. The Labute approximate surface area is 114 Å². The number of piperidine rings is 1. The molecule has 0 bridgehead atoms. The van der Waals surface area contributed by atoms with Crippen molar-refractivity contribution < 1.29 is 0 Å². The van der Waals surface area contributed by atoms with Crippen molar-refractivity contribution in [2.24, 2.45) is 5.92 Å². The van der Waals surface area contributed by atoms with Crippen molar-refractivity contribution in [3.63, 3.8) is 0 Å². The van der Waals surface area contributed by atoms with Gasteiger partial charge in [-0.3, -0.25) is 0 Å². The largest absolute Gasteiger partial charge is 0.359 e. The smallest absolute Gasteiger partial charge is 0.224 e. The maximum atomic E-state index is 5.87. The van der Waals surface area contributed by atoms with Crippen LogP contribution in [0.5, 0.6) is 0 Å². The predicted molar refractivity (Wildman–Crippen MR) is 75.3 cm³/mol. The van der Waals surface area contributed by atoms with E-state index in [0.29, 0.717) is 5.28 Å².